The molecule has 2 aliphatic rings. The first-order valence-corrected chi connectivity index (χ1v) is 7.42. The van der Waals surface area contributed by atoms with Crippen LogP contribution in [0, 0.1) is 0 Å². The average Bonchev–Trinajstić information content (AvgIpc) is 2.45. The molecule has 0 saturated carbocycles. The van der Waals surface area contributed by atoms with Gasteiger partial charge in [-0.1, -0.05) is 0 Å². The van der Waals surface area contributed by atoms with Gasteiger partial charge in [-0.25, -0.2) is 0 Å². The molecule has 2 atom stereocenters. The summed E-state index contributed by atoms with van der Waals surface area (Å²) >= 11 is 0. The molecular formula is C14H26N2O2. The third-order valence-electron chi connectivity index (χ3n) is 4.17. The molecule has 2 N–H and O–H groups in total. The highest BCUT2D eigenvalue weighted by molar-refractivity contribution is 5.76. The van der Waals surface area contributed by atoms with Crippen molar-refractivity contribution in [1.29, 1.82) is 0 Å². The van der Waals surface area contributed by atoms with Crippen LogP contribution in [-0.2, 0) is 9.53 Å². The normalized spacial score (nSPS) is 29.3. The van der Waals surface area contributed by atoms with Crippen LogP contribution in [0.25, 0.3) is 0 Å². The van der Waals surface area contributed by atoms with Gasteiger partial charge in [0.1, 0.15) is 0 Å². The molecule has 4 nitrogen and oxygen atoms in total. The molecule has 2 heterocycles. The monoisotopic (exact) mass is 254 g/mol. The summed E-state index contributed by atoms with van der Waals surface area (Å²) in [5.74, 6) is 0.277. The molecular weight excluding hydrogens is 228 g/mol. The first kappa shape index (κ1) is 13.8. The van der Waals surface area contributed by atoms with Crippen molar-refractivity contribution in [3.05, 3.63) is 0 Å². The van der Waals surface area contributed by atoms with Crippen LogP contribution in [0.3, 0.4) is 0 Å². The van der Waals surface area contributed by atoms with E-state index in [1.165, 1.54) is 19.3 Å². The van der Waals surface area contributed by atoms with Crippen LogP contribution in [0.5, 0.6) is 0 Å². The third-order valence-corrected chi connectivity index (χ3v) is 4.17. The molecule has 0 aromatic heterocycles. The number of carbonyl (C=O) groups is 1. The van der Waals surface area contributed by atoms with E-state index in [0.717, 1.165) is 38.8 Å². The third kappa shape index (κ3) is 3.69. The Morgan fingerprint density at radius 3 is 2.78 bits per heavy atom. The molecule has 0 spiro atoms. The Hall–Kier alpha value is -0.610. The fourth-order valence-electron chi connectivity index (χ4n) is 3.04. The van der Waals surface area contributed by atoms with E-state index in [0.29, 0.717) is 19.1 Å². The van der Waals surface area contributed by atoms with Gasteiger partial charge in [0.15, 0.2) is 0 Å². The zero-order chi connectivity index (χ0) is 12.8. The summed E-state index contributed by atoms with van der Waals surface area (Å²) in [5, 5.41) is 0. The SMILES string of the molecule is NCC1CCCCN1C(=O)CCC1CCCCO1. The van der Waals surface area contributed by atoms with Crippen LogP contribution < -0.4 is 5.73 Å². The maximum atomic E-state index is 12.2. The van der Waals surface area contributed by atoms with Crippen LogP contribution >= 0.6 is 0 Å². The van der Waals surface area contributed by atoms with E-state index in [1.54, 1.807) is 0 Å². The summed E-state index contributed by atoms with van der Waals surface area (Å²) in [6.45, 7) is 2.37. The minimum absolute atomic E-state index is 0.276. The van der Waals surface area contributed by atoms with Crippen LogP contribution in [0.2, 0.25) is 0 Å². The lowest BCUT2D eigenvalue weighted by Gasteiger charge is -2.35. The second-order valence-electron chi connectivity index (χ2n) is 5.50. The summed E-state index contributed by atoms with van der Waals surface area (Å²) in [6.07, 6.45) is 8.76. The lowest BCUT2D eigenvalue weighted by Crippen LogP contribution is -2.47. The molecule has 2 saturated heterocycles. The summed E-state index contributed by atoms with van der Waals surface area (Å²) in [6, 6.07) is 0.276. The maximum Gasteiger partial charge on any atom is 0.222 e. The number of likely N-dealkylation sites (tertiary alicyclic amines) is 1. The van der Waals surface area contributed by atoms with Gasteiger partial charge in [-0.2, -0.15) is 0 Å². The quantitative estimate of drug-likeness (QED) is 0.830. The lowest BCUT2D eigenvalue weighted by molar-refractivity contribution is -0.135. The smallest absolute Gasteiger partial charge is 0.222 e. The molecule has 0 bridgehead atoms. The second kappa shape index (κ2) is 7.10. The first-order valence-electron chi connectivity index (χ1n) is 7.42. The zero-order valence-electron chi connectivity index (χ0n) is 11.3. The van der Waals surface area contributed by atoms with E-state index in [2.05, 4.69) is 0 Å². The number of ether oxygens (including phenoxy) is 1. The van der Waals surface area contributed by atoms with E-state index in [4.69, 9.17) is 10.5 Å². The molecule has 0 radical (unpaired) electrons. The summed E-state index contributed by atoms with van der Waals surface area (Å²) in [5.41, 5.74) is 5.75. The molecule has 18 heavy (non-hydrogen) atoms. The van der Waals surface area contributed by atoms with Crippen LogP contribution in [0.4, 0.5) is 0 Å². The molecule has 0 aromatic rings. The van der Waals surface area contributed by atoms with Gasteiger partial charge in [-0.15, -0.1) is 0 Å². The van der Waals surface area contributed by atoms with Crippen molar-refractivity contribution in [1.82, 2.24) is 4.90 Å². The van der Waals surface area contributed by atoms with Crippen molar-refractivity contribution in [2.45, 2.75) is 63.5 Å². The maximum absolute atomic E-state index is 12.2. The first-order chi connectivity index (χ1) is 8.81. The Morgan fingerprint density at radius 2 is 2.06 bits per heavy atom. The van der Waals surface area contributed by atoms with Crippen molar-refractivity contribution in [2.75, 3.05) is 19.7 Å². The highest BCUT2D eigenvalue weighted by atomic mass is 16.5. The molecule has 4 heteroatoms. The summed E-state index contributed by atoms with van der Waals surface area (Å²) in [7, 11) is 0. The largest absolute Gasteiger partial charge is 0.378 e. The van der Waals surface area contributed by atoms with Crippen LogP contribution in [0.1, 0.15) is 51.4 Å². The van der Waals surface area contributed by atoms with Crippen molar-refractivity contribution >= 4 is 5.91 Å². The number of hydrogen-bond acceptors (Lipinski definition) is 3. The van der Waals surface area contributed by atoms with Gasteiger partial charge < -0.3 is 15.4 Å². The number of carbonyl (C=O) groups excluding carboxylic acids is 1. The Kier molecular flexibility index (Phi) is 5.45. The fraction of sp³-hybridized carbons (Fsp3) is 0.929. The molecule has 1 amide bonds. The van der Waals surface area contributed by atoms with Gasteiger partial charge in [0.05, 0.1) is 6.10 Å². The molecule has 2 aliphatic heterocycles. The standard InChI is InChI=1S/C14H26N2O2/c15-11-12-5-1-3-9-16(12)14(17)8-7-13-6-2-4-10-18-13/h12-13H,1-11,15H2. The van der Waals surface area contributed by atoms with Crippen molar-refractivity contribution in [3.8, 4) is 0 Å². The number of rotatable bonds is 4. The fourth-order valence-corrected chi connectivity index (χ4v) is 3.04. The van der Waals surface area contributed by atoms with Gasteiger partial charge >= 0.3 is 0 Å². The molecule has 0 aromatic carbocycles. The Balaban J connectivity index is 1.75. The van der Waals surface area contributed by atoms with Crippen LogP contribution in [0.15, 0.2) is 0 Å². The summed E-state index contributed by atoms with van der Waals surface area (Å²) in [4.78, 5) is 14.2. The van der Waals surface area contributed by atoms with Crippen molar-refractivity contribution < 1.29 is 9.53 Å². The van der Waals surface area contributed by atoms with Crippen LogP contribution in [-0.4, -0.2) is 42.6 Å². The molecule has 2 rings (SSSR count). The number of hydrogen-bond donors (Lipinski definition) is 1. The van der Waals surface area contributed by atoms with Crippen molar-refractivity contribution in [2.24, 2.45) is 5.73 Å². The molecule has 104 valence electrons. The highest BCUT2D eigenvalue weighted by Gasteiger charge is 2.26. The predicted octanol–water partition coefficient (Wildman–Crippen LogP) is 1.68. The van der Waals surface area contributed by atoms with Crippen molar-refractivity contribution in [3.63, 3.8) is 0 Å². The average molecular weight is 254 g/mol. The number of nitrogens with zero attached hydrogens (tertiary/aromatic N) is 1. The summed E-state index contributed by atoms with van der Waals surface area (Å²) < 4.78 is 5.67. The Labute approximate surface area is 110 Å². The zero-order valence-corrected chi connectivity index (χ0v) is 11.3. The molecule has 2 fully saturated rings. The Morgan fingerprint density at radius 1 is 1.22 bits per heavy atom. The van der Waals surface area contributed by atoms with Gasteiger partial charge in [-0.05, 0) is 44.9 Å². The number of nitrogens with two attached hydrogens (primary N) is 1. The van der Waals surface area contributed by atoms with E-state index in [9.17, 15) is 4.79 Å². The molecule has 0 aliphatic carbocycles. The van der Waals surface area contributed by atoms with Gasteiger partial charge in [-0.3, -0.25) is 4.79 Å². The Bertz CT molecular complexity index is 265. The highest BCUT2D eigenvalue weighted by Crippen LogP contribution is 2.20. The molecule has 2 unspecified atom stereocenters. The topological polar surface area (TPSA) is 55.6 Å². The number of piperidine rings is 1. The van der Waals surface area contributed by atoms with Gasteiger partial charge in [0.25, 0.3) is 0 Å². The van der Waals surface area contributed by atoms with E-state index >= 15 is 0 Å². The minimum Gasteiger partial charge on any atom is -0.378 e. The minimum atomic E-state index is 0.276. The van der Waals surface area contributed by atoms with E-state index < -0.39 is 0 Å². The van der Waals surface area contributed by atoms with E-state index in [-0.39, 0.29) is 11.9 Å². The lowest BCUT2D eigenvalue weighted by atomic mass is 10.00. The second-order valence-corrected chi connectivity index (χ2v) is 5.50. The van der Waals surface area contributed by atoms with Gasteiger partial charge in [0, 0.05) is 32.2 Å². The van der Waals surface area contributed by atoms with Gasteiger partial charge in [0.2, 0.25) is 5.91 Å². The predicted molar refractivity (Wildman–Crippen MR) is 71.2 cm³/mol. The number of amides is 1. The van der Waals surface area contributed by atoms with E-state index in [1.807, 2.05) is 4.90 Å².